The standard InChI is InChI=1S/C11H22O2/c1-4-6-8-11(3,10(12)13)9-7-5-2/h4-9H2,1-3H3,(H,12,13)/p-1. The lowest BCUT2D eigenvalue weighted by molar-refractivity contribution is -0.319. The highest BCUT2D eigenvalue weighted by molar-refractivity contribution is 5.71. The minimum absolute atomic E-state index is 0.591. The zero-order valence-electron chi connectivity index (χ0n) is 9.06. The van der Waals surface area contributed by atoms with Crippen molar-refractivity contribution in [3.63, 3.8) is 0 Å². The van der Waals surface area contributed by atoms with Crippen molar-refractivity contribution >= 4 is 5.97 Å². The van der Waals surface area contributed by atoms with Crippen LogP contribution in [0.3, 0.4) is 0 Å². The third kappa shape index (κ3) is 4.30. The van der Waals surface area contributed by atoms with Gasteiger partial charge in [0, 0.05) is 11.4 Å². The summed E-state index contributed by atoms with van der Waals surface area (Å²) in [4.78, 5) is 10.9. The van der Waals surface area contributed by atoms with Gasteiger partial charge in [0.15, 0.2) is 0 Å². The summed E-state index contributed by atoms with van der Waals surface area (Å²) in [5.41, 5.74) is -0.591. The van der Waals surface area contributed by atoms with Crippen LogP contribution in [0.25, 0.3) is 0 Å². The molecule has 0 saturated heterocycles. The zero-order chi connectivity index (χ0) is 10.3. The van der Waals surface area contributed by atoms with Gasteiger partial charge in [-0.25, -0.2) is 0 Å². The summed E-state index contributed by atoms with van der Waals surface area (Å²) < 4.78 is 0. The second-order valence-corrected chi connectivity index (χ2v) is 4.06. The lowest BCUT2D eigenvalue weighted by Gasteiger charge is -2.30. The van der Waals surface area contributed by atoms with E-state index in [2.05, 4.69) is 13.8 Å². The van der Waals surface area contributed by atoms with Crippen LogP contribution >= 0.6 is 0 Å². The molecule has 0 spiro atoms. The third-order valence-electron chi connectivity index (χ3n) is 2.66. The molecule has 0 atom stereocenters. The molecular weight excluding hydrogens is 164 g/mol. The number of carboxylic acids is 1. The zero-order valence-corrected chi connectivity index (χ0v) is 9.06. The van der Waals surface area contributed by atoms with E-state index in [1.54, 1.807) is 0 Å². The SMILES string of the molecule is CCCCC(C)(CCCC)C(=O)[O-]. The fraction of sp³-hybridized carbons (Fsp3) is 0.909. The number of aliphatic carboxylic acids is 1. The molecule has 13 heavy (non-hydrogen) atoms. The maximum absolute atomic E-state index is 10.9. The van der Waals surface area contributed by atoms with E-state index < -0.39 is 11.4 Å². The molecule has 0 saturated carbocycles. The number of hydrogen-bond acceptors (Lipinski definition) is 2. The van der Waals surface area contributed by atoms with Gasteiger partial charge in [0.25, 0.3) is 0 Å². The number of hydrogen-bond donors (Lipinski definition) is 0. The maximum atomic E-state index is 10.9. The lowest BCUT2D eigenvalue weighted by Crippen LogP contribution is -2.40. The molecule has 0 aromatic carbocycles. The van der Waals surface area contributed by atoms with Gasteiger partial charge in [-0.05, 0) is 12.8 Å². The predicted molar refractivity (Wildman–Crippen MR) is 52.2 cm³/mol. The molecule has 0 N–H and O–H groups in total. The molecule has 0 aromatic rings. The first kappa shape index (κ1) is 12.5. The largest absolute Gasteiger partial charge is 0.550 e. The van der Waals surface area contributed by atoms with E-state index in [0.717, 1.165) is 38.5 Å². The van der Waals surface area contributed by atoms with Gasteiger partial charge in [0.05, 0.1) is 0 Å². The third-order valence-corrected chi connectivity index (χ3v) is 2.66. The highest BCUT2D eigenvalue weighted by atomic mass is 16.4. The Kier molecular flexibility index (Phi) is 5.76. The van der Waals surface area contributed by atoms with Crippen LogP contribution in [-0.4, -0.2) is 5.97 Å². The van der Waals surface area contributed by atoms with Crippen molar-refractivity contribution in [2.75, 3.05) is 0 Å². The molecule has 0 aliphatic heterocycles. The van der Waals surface area contributed by atoms with Crippen molar-refractivity contribution in [2.24, 2.45) is 5.41 Å². The Balaban J connectivity index is 4.08. The molecule has 0 bridgehead atoms. The fourth-order valence-electron chi connectivity index (χ4n) is 1.46. The average Bonchev–Trinajstić information content (AvgIpc) is 2.11. The van der Waals surface area contributed by atoms with Gasteiger partial charge in [-0.15, -0.1) is 0 Å². The molecule has 2 heteroatoms. The van der Waals surface area contributed by atoms with Gasteiger partial charge in [0.2, 0.25) is 0 Å². The number of carbonyl (C=O) groups is 1. The molecule has 0 aromatic heterocycles. The summed E-state index contributed by atoms with van der Waals surface area (Å²) >= 11 is 0. The normalized spacial score (nSPS) is 11.6. The van der Waals surface area contributed by atoms with Gasteiger partial charge in [-0.1, -0.05) is 46.5 Å². The maximum Gasteiger partial charge on any atom is 0.0473 e. The summed E-state index contributed by atoms with van der Waals surface area (Å²) in [7, 11) is 0. The predicted octanol–water partition coefficient (Wildman–Crippen LogP) is 2.12. The number of carboxylic acid groups (broad SMARTS) is 1. The molecule has 0 unspecified atom stereocenters. The van der Waals surface area contributed by atoms with E-state index >= 15 is 0 Å². The summed E-state index contributed by atoms with van der Waals surface area (Å²) in [5.74, 6) is -0.880. The molecule has 0 rings (SSSR count). The van der Waals surface area contributed by atoms with Crippen LogP contribution in [0.15, 0.2) is 0 Å². The highest BCUT2D eigenvalue weighted by Crippen LogP contribution is 2.29. The van der Waals surface area contributed by atoms with Crippen LogP contribution in [0.5, 0.6) is 0 Å². The quantitative estimate of drug-likeness (QED) is 0.609. The Labute approximate surface area is 81.3 Å². The van der Waals surface area contributed by atoms with Crippen molar-refractivity contribution in [1.82, 2.24) is 0 Å². The molecule has 0 aliphatic carbocycles. The van der Waals surface area contributed by atoms with Gasteiger partial charge in [-0.3, -0.25) is 0 Å². The van der Waals surface area contributed by atoms with Crippen LogP contribution < -0.4 is 5.11 Å². The van der Waals surface area contributed by atoms with E-state index in [1.807, 2.05) is 6.92 Å². The van der Waals surface area contributed by atoms with Crippen molar-refractivity contribution in [3.05, 3.63) is 0 Å². The first-order valence-electron chi connectivity index (χ1n) is 5.28. The van der Waals surface area contributed by atoms with Crippen molar-refractivity contribution in [3.8, 4) is 0 Å². The number of unbranched alkanes of at least 4 members (excludes halogenated alkanes) is 2. The van der Waals surface area contributed by atoms with E-state index in [0.29, 0.717) is 0 Å². The first-order chi connectivity index (χ1) is 6.06. The van der Waals surface area contributed by atoms with Crippen molar-refractivity contribution < 1.29 is 9.90 Å². The monoisotopic (exact) mass is 185 g/mol. The Bertz CT molecular complexity index is 144. The van der Waals surface area contributed by atoms with Gasteiger partial charge >= 0.3 is 0 Å². The molecule has 0 amide bonds. The average molecular weight is 185 g/mol. The molecule has 2 nitrogen and oxygen atoms in total. The Morgan fingerprint density at radius 1 is 1.15 bits per heavy atom. The molecule has 78 valence electrons. The minimum atomic E-state index is -0.880. The van der Waals surface area contributed by atoms with E-state index in [1.165, 1.54) is 0 Å². The van der Waals surface area contributed by atoms with Crippen molar-refractivity contribution in [1.29, 1.82) is 0 Å². The van der Waals surface area contributed by atoms with E-state index in [9.17, 15) is 9.90 Å². The second-order valence-electron chi connectivity index (χ2n) is 4.06. The Morgan fingerprint density at radius 2 is 1.54 bits per heavy atom. The van der Waals surface area contributed by atoms with Crippen LogP contribution in [0.4, 0.5) is 0 Å². The second kappa shape index (κ2) is 6.01. The van der Waals surface area contributed by atoms with Crippen LogP contribution in [0.1, 0.15) is 59.3 Å². The summed E-state index contributed by atoms with van der Waals surface area (Å²) in [6.45, 7) is 5.97. The molecule has 0 heterocycles. The smallest absolute Gasteiger partial charge is 0.0473 e. The lowest BCUT2D eigenvalue weighted by atomic mass is 9.80. The highest BCUT2D eigenvalue weighted by Gasteiger charge is 2.24. The van der Waals surface area contributed by atoms with E-state index in [4.69, 9.17) is 0 Å². The minimum Gasteiger partial charge on any atom is -0.550 e. The fourth-order valence-corrected chi connectivity index (χ4v) is 1.46. The van der Waals surface area contributed by atoms with Crippen LogP contribution in [-0.2, 0) is 4.79 Å². The van der Waals surface area contributed by atoms with Crippen molar-refractivity contribution in [2.45, 2.75) is 59.3 Å². The first-order valence-corrected chi connectivity index (χ1v) is 5.28. The summed E-state index contributed by atoms with van der Waals surface area (Å²) in [6.07, 6.45) is 5.57. The van der Waals surface area contributed by atoms with Gasteiger partial charge < -0.3 is 9.90 Å². The Morgan fingerprint density at radius 3 is 1.77 bits per heavy atom. The van der Waals surface area contributed by atoms with Crippen LogP contribution in [0, 0.1) is 5.41 Å². The van der Waals surface area contributed by atoms with E-state index in [-0.39, 0.29) is 0 Å². The molecule has 0 radical (unpaired) electrons. The molecule has 0 fully saturated rings. The summed E-state index contributed by atoms with van der Waals surface area (Å²) in [6, 6.07) is 0. The topological polar surface area (TPSA) is 40.1 Å². The molecule has 0 aliphatic rings. The Hall–Kier alpha value is -0.530. The number of carbonyl (C=O) groups excluding carboxylic acids is 1. The number of rotatable bonds is 7. The van der Waals surface area contributed by atoms with Crippen LogP contribution in [0.2, 0.25) is 0 Å². The van der Waals surface area contributed by atoms with Gasteiger partial charge in [0.1, 0.15) is 0 Å². The van der Waals surface area contributed by atoms with Gasteiger partial charge in [-0.2, -0.15) is 0 Å². The summed E-state index contributed by atoms with van der Waals surface area (Å²) in [5, 5.41) is 10.9. The molecular formula is C11H21O2-.